The molecule has 2 N–H and O–H groups in total. The molecular weight excluding hydrogens is 328 g/mol. The van der Waals surface area contributed by atoms with Crippen molar-refractivity contribution in [1.29, 1.82) is 0 Å². The maximum atomic E-state index is 12.0. The zero-order valence-corrected chi connectivity index (χ0v) is 16.8. The van der Waals surface area contributed by atoms with Gasteiger partial charge in [-0.05, 0) is 36.5 Å². The Morgan fingerprint density at radius 2 is 1.96 bits per heavy atom. The van der Waals surface area contributed by atoms with Crippen LogP contribution in [0.15, 0.2) is 29.3 Å². The van der Waals surface area contributed by atoms with E-state index in [4.69, 9.17) is 4.74 Å². The van der Waals surface area contributed by atoms with E-state index in [1.54, 1.807) is 26.0 Å². The average molecular weight is 363 g/mol. The maximum absolute atomic E-state index is 12.0. The lowest BCUT2D eigenvalue weighted by Crippen LogP contribution is -2.39. The van der Waals surface area contributed by atoms with Gasteiger partial charge < -0.3 is 20.3 Å². The summed E-state index contributed by atoms with van der Waals surface area (Å²) in [6.07, 6.45) is 1.77. The summed E-state index contributed by atoms with van der Waals surface area (Å²) in [6.45, 7) is 7.44. The van der Waals surface area contributed by atoms with E-state index in [0.717, 1.165) is 56.2 Å². The second-order valence-corrected chi connectivity index (χ2v) is 6.90. The molecule has 1 aromatic rings. The highest BCUT2D eigenvalue weighted by atomic mass is 16.5. The van der Waals surface area contributed by atoms with E-state index in [0.29, 0.717) is 5.92 Å². The van der Waals surface area contributed by atoms with Crippen molar-refractivity contribution >= 4 is 11.9 Å². The molecule has 0 heterocycles. The Hall–Kier alpha value is -2.08. The molecule has 0 saturated heterocycles. The number of carbonyl (C=O) groups excluding carboxylic acids is 1. The summed E-state index contributed by atoms with van der Waals surface area (Å²) in [7, 11) is 5.29. The van der Waals surface area contributed by atoms with Gasteiger partial charge in [0, 0.05) is 53.0 Å². The molecule has 6 heteroatoms. The molecule has 0 fully saturated rings. The molecule has 0 aliphatic carbocycles. The highest BCUT2D eigenvalue weighted by Gasteiger charge is 2.08. The Kier molecular flexibility index (Phi) is 10.4. The fraction of sp³-hybridized carbons (Fsp3) is 0.600. The van der Waals surface area contributed by atoms with Gasteiger partial charge in [0.25, 0.3) is 5.91 Å². The van der Waals surface area contributed by atoms with Crippen molar-refractivity contribution in [2.24, 2.45) is 10.9 Å². The van der Waals surface area contributed by atoms with E-state index in [9.17, 15) is 4.79 Å². The summed E-state index contributed by atoms with van der Waals surface area (Å²) < 4.78 is 5.57. The van der Waals surface area contributed by atoms with Crippen LogP contribution in [0.25, 0.3) is 0 Å². The molecule has 6 nitrogen and oxygen atoms in total. The summed E-state index contributed by atoms with van der Waals surface area (Å²) in [4.78, 5) is 17.8. The molecule has 0 radical (unpaired) electrons. The van der Waals surface area contributed by atoms with Crippen LogP contribution < -0.4 is 10.6 Å². The number of aliphatic imine (C=N–C) groups is 1. The lowest BCUT2D eigenvalue weighted by Gasteiger charge is -2.13. The largest absolute Gasteiger partial charge is 0.381 e. The predicted molar refractivity (Wildman–Crippen MR) is 108 cm³/mol. The molecule has 146 valence electrons. The van der Waals surface area contributed by atoms with Gasteiger partial charge in [-0.1, -0.05) is 26.0 Å². The third-order valence-electron chi connectivity index (χ3n) is 3.72. The molecular formula is C20H34N4O2. The average Bonchev–Trinajstić information content (AvgIpc) is 2.62. The minimum Gasteiger partial charge on any atom is -0.381 e. The zero-order chi connectivity index (χ0) is 19.4. The van der Waals surface area contributed by atoms with Crippen molar-refractivity contribution in [2.75, 3.05) is 47.4 Å². The lowest BCUT2D eigenvalue weighted by molar-refractivity contribution is 0.0827. The van der Waals surface area contributed by atoms with Gasteiger partial charge in [0.1, 0.15) is 0 Å². The van der Waals surface area contributed by atoms with Gasteiger partial charge in [0.2, 0.25) is 0 Å². The molecule has 0 aliphatic heterocycles. The summed E-state index contributed by atoms with van der Waals surface area (Å²) in [5, 5.41) is 6.59. The molecule has 0 spiro atoms. The van der Waals surface area contributed by atoms with Crippen LogP contribution in [0.3, 0.4) is 0 Å². The SMILES string of the molecule is CN=C(NCCCOCC(C)C)NCCc1cccc(C(=O)N(C)C)c1. The highest BCUT2D eigenvalue weighted by Crippen LogP contribution is 2.07. The zero-order valence-electron chi connectivity index (χ0n) is 16.8. The number of carbonyl (C=O) groups is 1. The first kappa shape index (κ1) is 22.0. The number of hydrogen-bond donors (Lipinski definition) is 2. The van der Waals surface area contributed by atoms with Crippen molar-refractivity contribution in [3.63, 3.8) is 0 Å². The molecule has 1 rings (SSSR count). The smallest absolute Gasteiger partial charge is 0.253 e. The van der Waals surface area contributed by atoms with Crippen molar-refractivity contribution < 1.29 is 9.53 Å². The Labute approximate surface area is 158 Å². The van der Waals surface area contributed by atoms with E-state index in [1.807, 2.05) is 24.3 Å². The molecule has 0 aliphatic rings. The van der Waals surface area contributed by atoms with Gasteiger partial charge in [-0.2, -0.15) is 0 Å². The van der Waals surface area contributed by atoms with Crippen LogP contribution in [0.2, 0.25) is 0 Å². The van der Waals surface area contributed by atoms with Crippen LogP contribution in [0.4, 0.5) is 0 Å². The topological polar surface area (TPSA) is 66.0 Å². The van der Waals surface area contributed by atoms with Gasteiger partial charge >= 0.3 is 0 Å². The van der Waals surface area contributed by atoms with Gasteiger partial charge in [0.15, 0.2) is 5.96 Å². The number of nitrogens with one attached hydrogen (secondary N) is 2. The lowest BCUT2D eigenvalue weighted by atomic mass is 10.1. The van der Waals surface area contributed by atoms with Crippen LogP contribution >= 0.6 is 0 Å². The fourth-order valence-corrected chi connectivity index (χ4v) is 2.36. The number of nitrogens with zero attached hydrogens (tertiary/aromatic N) is 2. The van der Waals surface area contributed by atoms with Crippen LogP contribution in [0.1, 0.15) is 36.2 Å². The van der Waals surface area contributed by atoms with Crippen molar-refractivity contribution in [3.8, 4) is 0 Å². The molecule has 0 aromatic heterocycles. The molecule has 0 unspecified atom stereocenters. The second-order valence-electron chi connectivity index (χ2n) is 6.90. The summed E-state index contributed by atoms with van der Waals surface area (Å²) >= 11 is 0. The number of guanidine groups is 1. The molecule has 1 aromatic carbocycles. The van der Waals surface area contributed by atoms with Gasteiger partial charge in [0.05, 0.1) is 0 Å². The summed E-state index contributed by atoms with van der Waals surface area (Å²) in [5.41, 5.74) is 1.85. The Morgan fingerprint density at radius 1 is 1.23 bits per heavy atom. The summed E-state index contributed by atoms with van der Waals surface area (Å²) in [6, 6.07) is 7.76. The molecule has 1 amide bonds. The Balaban J connectivity index is 2.30. The fourth-order valence-electron chi connectivity index (χ4n) is 2.36. The number of rotatable bonds is 10. The van der Waals surface area contributed by atoms with E-state index in [-0.39, 0.29) is 5.91 Å². The second kappa shape index (κ2) is 12.3. The first-order valence-electron chi connectivity index (χ1n) is 9.27. The number of benzene rings is 1. The number of amides is 1. The quantitative estimate of drug-likeness (QED) is 0.380. The minimum atomic E-state index is 0.0250. The van der Waals surface area contributed by atoms with Crippen LogP contribution in [0.5, 0.6) is 0 Å². The number of hydrogen-bond acceptors (Lipinski definition) is 3. The van der Waals surface area contributed by atoms with Gasteiger partial charge in [-0.25, -0.2) is 0 Å². The summed E-state index contributed by atoms with van der Waals surface area (Å²) in [5.74, 6) is 1.38. The first-order chi connectivity index (χ1) is 12.4. The van der Waals surface area contributed by atoms with E-state index in [1.165, 1.54) is 0 Å². The van der Waals surface area contributed by atoms with Gasteiger partial charge in [-0.3, -0.25) is 9.79 Å². The molecule has 0 saturated carbocycles. The maximum Gasteiger partial charge on any atom is 0.253 e. The highest BCUT2D eigenvalue weighted by molar-refractivity contribution is 5.94. The molecule has 26 heavy (non-hydrogen) atoms. The van der Waals surface area contributed by atoms with Crippen LogP contribution in [-0.2, 0) is 11.2 Å². The third-order valence-corrected chi connectivity index (χ3v) is 3.72. The van der Waals surface area contributed by atoms with E-state index < -0.39 is 0 Å². The first-order valence-corrected chi connectivity index (χ1v) is 9.27. The standard InChI is InChI=1S/C20H34N4O2/c1-16(2)15-26-13-7-11-22-20(21-3)23-12-10-17-8-6-9-18(14-17)19(25)24(4)5/h6,8-9,14,16H,7,10-13,15H2,1-5H3,(H2,21,22,23). The van der Waals surface area contributed by atoms with Crippen molar-refractivity contribution in [2.45, 2.75) is 26.7 Å². The van der Waals surface area contributed by atoms with E-state index in [2.05, 4.69) is 29.5 Å². The third kappa shape index (κ3) is 8.85. The van der Waals surface area contributed by atoms with Crippen LogP contribution in [-0.4, -0.2) is 64.2 Å². The van der Waals surface area contributed by atoms with E-state index >= 15 is 0 Å². The Bertz CT molecular complexity index is 571. The van der Waals surface area contributed by atoms with Crippen LogP contribution in [0, 0.1) is 5.92 Å². The predicted octanol–water partition coefficient (Wildman–Crippen LogP) is 2.16. The molecule has 0 atom stereocenters. The van der Waals surface area contributed by atoms with Crippen molar-refractivity contribution in [3.05, 3.63) is 35.4 Å². The number of ether oxygens (including phenoxy) is 1. The van der Waals surface area contributed by atoms with Gasteiger partial charge in [-0.15, -0.1) is 0 Å². The monoisotopic (exact) mass is 362 g/mol. The Morgan fingerprint density at radius 3 is 2.62 bits per heavy atom. The minimum absolute atomic E-state index is 0.0250. The normalized spacial score (nSPS) is 11.5. The molecule has 0 bridgehead atoms. The van der Waals surface area contributed by atoms with Crippen molar-refractivity contribution in [1.82, 2.24) is 15.5 Å².